The van der Waals surface area contributed by atoms with Crippen molar-refractivity contribution in [2.24, 2.45) is 5.92 Å². The zero-order valence-electron chi connectivity index (χ0n) is 9.21. The van der Waals surface area contributed by atoms with Gasteiger partial charge in [-0.05, 0) is 43.6 Å². The molecule has 0 bridgehead atoms. The average Bonchev–Trinajstić information content (AvgIpc) is 2.33. The molecule has 0 unspecified atom stereocenters. The van der Waals surface area contributed by atoms with Crippen molar-refractivity contribution in [3.8, 4) is 0 Å². The van der Waals surface area contributed by atoms with Crippen LogP contribution in [-0.2, 0) is 11.2 Å². The van der Waals surface area contributed by atoms with Gasteiger partial charge in [0.25, 0.3) is 0 Å². The molecule has 1 aliphatic rings. The van der Waals surface area contributed by atoms with E-state index < -0.39 is 0 Å². The number of rotatable bonds is 3. The van der Waals surface area contributed by atoms with E-state index in [1.54, 1.807) is 12.1 Å². The Morgan fingerprint density at radius 1 is 1.25 bits per heavy atom. The van der Waals surface area contributed by atoms with Gasteiger partial charge in [0.2, 0.25) is 0 Å². The van der Waals surface area contributed by atoms with Crippen LogP contribution in [0.5, 0.6) is 0 Å². The van der Waals surface area contributed by atoms with Crippen LogP contribution < -0.4 is 5.32 Å². The zero-order chi connectivity index (χ0) is 11.4. The second-order valence-corrected chi connectivity index (χ2v) is 4.29. The maximum absolute atomic E-state index is 12.7. The number of carbonyl (C=O) groups is 1. The van der Waals surface area contributed by atoms with E-state index in [-0.39, 0.29) is 17.5 Å². The van der Waals surface area contributed by atoms with E-state index in [2.05, 4.69) is 5.32 Å². The van der Waals surface area contributed by atoms with E-state index in [0.717, 1.165) is 31.5 Å². The Morgan fingerprint density at radius 2 is 1.88 bits per heavy atom. The van der Waals surface area contributed by atoms with E-state index in [1.807, 2.05) is 0 Å². The van der Waals surface area contributed by atoms with Crippen molar-refractivity contribution < 1.29 is 9.18 Å². The van der Waals surface area contributed by atoms with Crippen LogP contribution >= 0.6 is 0 Å². The van der Waals surface area contributed by atoms with Gasteiger partial charge in [-0.15, -0.1) is 0 Å². The summed E-state index contributed by atoms with van der Waals surface area (Å²) in [5, 5.41) is 3.24. The maximum atomic E-state index is 12.7. The highest BCUT2D eigenvalue weighted by Crippen LogP contribution is 2.15. The molecule has 1 heterocycles. The number of Topliss-reactive ketones (excluding diaryl/α,β-unsaturated/α-hetero) is 1. The third kappa shape index (κ3) is 2.89. The van der Waals surface area contributed by atoms with Crippen LogP contribution in [0.4, 0.5) is 4.39 Å². The number of piperidine rings is 1. The Bertz CT molecular complexity index is 355. The molecule has 0 amide bonds. The predicted octanol–water partition coefficient (Wildman–Crippen LogP) is 1.94. The highest BCUT2D eigenvalue weighted by molar-refractivity contribution is 5.83. The summed E-state index contributed by atoms with van der Waals surface area (Å²) in [6.07, 6.45) is 2.30. The molecule has 1 aromatic carbocycles. The van der Waals surface area contributed by atoms with Gasteiger partial charge in [-0.25, -0.2) is 4.39 Å². The minimum absolute atomic E-state index is 0.186. The van der Waals surface area contributed by atoms with Crippen LogP contribution in [0.15, 0.2) is 24.3 Å². The predicted molar refractivity (Wildman–Crippen MR) is 60.7 cm³/mol. The van der Waals surface area contributed by atoms with Crippen molar-refractivity contribution in [1.82, 2.24) is 5.32 Å². The van der Waals surface area contributed by atoms with Gasteiger partial charge in [-0.2, -0.15) is 0 Å². The molecular weight excluding hydrogens is 205 g/mol. The summed E-state index contributed by atoms with van der Waals surface area (Å²) in [6, 6.07) is 6.19. The molecule has 2 rings (SSSR count). The lowest BCUT2D eigenvalue weighted by molar-refractivity contribution is -0.122. The van der Waals surface area contributed by atoms with Gasteiger partial charge < -0.3 is 5.32 Å². The Morgan fingerprint density at radius 3 is 2.50 bits per heavy atom. The molecule has 1 aliphatic heterocycles. The number of hydrogen-bond donors (Lipinski definition) is 1. The molecule has 0 radical (unpaired) electrons. The van der Waals surface area contributed by atoms with Crippen molar-refractivity contribution in [3.63, 3.8) is 0 Å². The van der Waals surface area contributed by atoms with E-state index in [0.29, 0.717) is 6.42 Å². The molecule has 86 valence electrons. The van der Waals surface area contributed by atoms with E-state index in [4.69, 9.17) is 0 Å². The highest BCUT2D eigenvalue weighted by atomic mass is 19.1. The molecule has 0 spiro atoms. The molecule has 1 fully saturated rings. The monoisotopic (exact) mass is 221 g/mol. The summed E-state index contributed by atoms with van der Waals surface area (Å²) in [7, 11) is 0. The van der Waals surface area contributed by atoms with Crippen molar-refractivity contribution in [2.45, 2.75) is 19.3 Å². The third-order valence-electron chi connectivity index (χ3n) is 3.09. The standard InChI is InChI=1S/C13H16FNO/c14-12-3-1-10(2-4-12)9-13(16)11-5-7-15-8-6-11/h1-4,11,15H,5-9H2. The summed E-state index contributed by atoms with van der Waals surface area (Å²) in [4.78, 5) is 11.9. The number of ketones is 1. The van der Waals surface area contributed by atoms with Gasteiger partial charge in [0.05, 0.1) is 0 Å². The van der Waals surface area contributed by atoms with Gasteiger partial charge in [-0.3, -0.25) is 4.79 Å². The lowest BCUT2D eigenvalue weighted by Gasteiger charge is -2.21. The summed E-state index contributed by atoms with van der Waals surface area (Å²) < 4.78 is 12.7. The van der Waals surface area contributed by atoms with Gasteiger partial charge in [0.15, 0.2) is 0 Å². The van der Waals surface area contributed by atoms with Crippen molar-refractivity contribution in [2.75, 3.05) is 13.1 Å². The fraction of sp³-hybridized carbons (Fsp3) is 0.462. The first-order valence-electron chi connectivity index (χ1n) is 5.73. The second kappa shape index (κ2) is 5.21. The average molecular weight is 221 g/mol. The molecule has 1 aromatic rings. The first-order valence-corrected chi connectivity index (χ1v) is 5.73. The molecule has 2 nitrogen and oxygen atoms in total. The topological polar surface area (TPSA) is 29.1 Å². The number of hydrogen-bond acceptors (Lipinski definition) is 2. The molecule has 0 atom stereocenters. The first kappa shape index (κ1) is 11.3. The van der Waals surface area contributed by atoms with Crippen molar-refractivity contribution in [3.05, 3.63) is 35.6 Å². The van der Waals surface area contributed by atoms with Crippen molar-refractivity contribution in [1.29, 1.82) is 0 Å². The fourth-order valence-corrected chi connectivity index (χ4v) is 2.09. The molecule has 0 aromatic heterocycles. The maximum Gasteiger partial charge on any atom is 0.140 e. The van der Waals surface area contributed by atoms with Crippen LogP contribution in [0.25, 0.3) is 0 Å². The second-order valence-electron chi connectivity index (χ2n) is 4.29. The SMILES string of the molecule is O=C(Cc1ccc(F)cc1)C1CCNCC1. The summed E-state index contributed by atoms with van der Waals surface area (Å²) in [5.41, 5.74) is 0.907. The first-order chi connectivity index (χ1) is 7.75. The number of carbonyl (C=O) groups excluding carboxylic acids is 1. The summed E-state index contributed by atoms with van der Waals surface area (Å²) in [6.45, 7) is 1.86. The van der Waals surface area contributed by atoms with Crippen LogP contribution in [0.2, 0.25) is 0 Å². The molecule has 0 saturated carbocycles. The Labute approximate surface area is 94.9 Å². The highest BCUT2D eigenvalue weighted by Gasteiger charge is 2.20. The Balaban J connectivity index is 1.93. The van der Waals surface area contributed by atoms with E-state index >= 15 is 0 Å². The molecule has 16 heavy (non-hydrogen) atoms. The summed E-state index contributed by atoms with van der Waals surface area (Å²) in [5.74, 6) is 0.220. The molecule has 1 saturated heterocycles. The lowest BCUT2D eigenvalue weighted by atomic mass is 9.90. The Hall–Kier alpha value is -1.22. The normalized spacial score (nSPS) is 17.3. The fourth-order valence-electron chi connectivity index (χ4n) is 2.09. The number of benzene rings is 1. The van der Waals surface area contributed by atoms with Gasteiger partial charge in [0.1, 0.15) is 11.6 Å². The summed E-state index contributed by atoms with van der Waals surface area (Å²) >= 11 is 0. The minimum Gasteiger partial charge on any atom is -0.317 e. The smallest absolute Gasteiger partial charge is 0.140 e. The van der Waals surface area contributed by atoms with Crippen LogP contribution in [0.1, 0.15) is 18.4 Å². The number of nitrogens with one attached hydrogen (secondary N) is 1. The van der Waals surface area contributed by atoms with Crippen LogP contribution in [-0.4, -0.2) is 18.9 Å². The quantitative estimate of drug-likeness (QED) is 0.845. The van der Waals surface area contributed by atoms with Crippen LogP contribution in [0, 0.1) is 11.7 Å². The van der Waals surface area contributed by atoms with Crippen LogP contribution in [0.3, 0.4) is 0 Å². The van der Waals surface area contributed by atoms with Gasteiger partial charge >= 0.3 is 0 Å². The zero-order valence-corrected chi connectivity index (χ0v) is 9.21. The van der Waals surface area contributed by atoms with E-state index in [9.17, 15) is 9.18 Å². The molecular formula is C13H16FNO. The third-order valence-corrected chi connectivity index (χ3v) is 3.09. The van der Waals surface area contributed by atoms with E-state index in [1.165, 1.54) is 12.1 Å². The molecule has 1 N–H and O–H groups in total. The largest absolute Gasteiger partial charge is 0.317 e. The molecule has 0 aliphatic carbocycles. The number of halogens is 1. The van der Waals surface area contributed by atoms with Gasteiger partial charge in [0, 0.05) is 12.3 Å². The van der Waals surface area contributed by atoms with Crippen molar-refractivity contribution >= 4 is 5.78 Å². The van der Waals surface area contributed by atoms with Gasteiger partial charge in [-0.1, -0.05) is 12.1 Å². The Kier molecular flexibility index (Phi) is 3.67. The molecule has 3 heteroatoms. The lowest BCUT2D eigenvalue weighted by Crippen LogP contribution is -2.32. The minimum atomic E-state index is -0.252.